The summed E-state index contributed by atoms with van der Waals surface area (Å²) in [6.45, 7) is -0.172. The number of benzene rings is 1. The summed E-state index contributed by atoms with van der Waals surface area (Å²) in [5.74, 6) is -0.401. The number of ether oxygens (including phenoxy) is 1. The second-order valence-electron chi connectivity index (χ2n) is 3.32. The first-order valence-corrected chi connectivity index (χ1v) is 4.92. The number of nitro groups is 1. The van der Waals surface area contributed by atoms with Gasteiger partial charge in [-0.15, -0.1) is 0 Å². The van der Waals surface area contributed by atoms with Crippen molar-refractivity contribution in [3.63, 3.8) is 0 Å². The minimum Gasteiger partial charge on any atom is -0.469 e. The molecule has 0 radical (unpaired) electrons. The first kappa shape index (κ1) is 12.2. The molecule has 0 aromatic rings. The van der Waals surface area contributed by atoms with E-state index in [0.29, 0.717) is 0 Å². The number of fused-ring (bicyclic) bond motifs is 1. The average molecular weight is 223 g/mol. The first-order valence-electron chi connectivity index (χ1n) is 4.92. The van der Waals surface area contributed by atoms with Crippen LogP contribution in [0, 0.1) is 10.1 Å². The molecule has 0 fully saturated rings. The Bertz CT molecular complexity index is 372. The van der Waals surface area contributed by atoms with Gasteiger partial charge in [0.25, 0.3) is 0 Å². The lowest BCUT2D eigenvalue weighted by molar-refractivity contribution is -0.480. The van der Waals surface area contributed by atoms with Gasteiger partial charge in [-0.3, -0.25) is 14.9 Å². The number of hydrogen-bond donors (Lipinski definition) is 0. The number of rotatable bonds is 4. The molecule has 0 N–H and O–H groups in total. The predicted molar refractivity (Wildman–Crippen MR) is 58.5 cm³/mol. The van der Waals surface area contributed by atoms with Crippen LogP contribution in [-0.4, -0.2) is 24.5 Å². The third kappa shape index (κ3) is 4.54. The van der Waals surface area contributed by atoms with E-state index in [1.807, 2.05) is 0 Å². The molecule has 16 heavy (non-hydrogen) atoms. The van der Waals surface area contributed by atoms with Gasteiger partial charge in [-0.1, -0.05) is 18.2 Å². The molecular weight excluding hydrogens is 210 g/mol. The third-order valence-corrected chi connectivity index (χ3v) is 2.06. The van der Waals surface area contributed by atoms with Crippen molar-refractivity contribution >= 4 is 5.97 Å². The van der Waals surface area contributed by atoms with Gasteiger partial charge >= 0.3 is 5.97 Å². The maximum absolute atomic E-state index is 10.3. The van der Waals surface area contributed by atoms with Crippen molar-refractivity contribution in [3.8, 4) is 11.1 Å². The molecule has 0 aliphatic heterocycles. The van der Waals surface area contributed by atoms with Crippen molar-refractivity contribution in [2.75, 3.05) is 13.7 Å². The van der Waals surface area contributed by atoms with Crippen LogP contribution in [0.1, 0.15) is 12.8 Å². The van der Waals surface area contributed by atoms with Gasteiger partial charge in [0.2, 0.25) is 6.54 Å². The van der Waals surface area contributed by atoms with E-state index in [4.69, 9.17) is 0 Å². The van der Waals surface area contributed by atoms with Crippen molar-refractivity contribution in [1.29, 1.82) is 0 Å². The second kappa shape index (κ2) is 5.85. The molecule has 2 rings (SSSR count). The van der Waals surface area contributed by atoms with Crippen LogP contribution in [0.15, 0.2) is 24.3 Å². The predicted octanol–water partition coefficient (Wildman–Crippen LogP) is 1.88. The zero-order valence-corrected chi connectivity index (χ0v) is 9.01. The fraction of sp³-hybridized carbons (Fsp3) is 0.364. The molecule has 0 unspecified atom stereocenters. The van der Waals surface area contributed by atoms with Gasteiger partial charge < -0.3 is 4.74 Å². The molecule has 0 spiro atoms. The first-order chi connectivity index (χ1) is 7.63. The monoisotopic (exact) mass is 223 g/mol. The van der Waals surface area contributed by atoms with Gasteiger partial charge in [-0.2, -0.15) is 0 Å². The Morgan fingerprint density at radius 2 is 2.06 bits per heavy atom. The summed E-state index contributed by atoms with van der Waals surface area (Å²) in [5, 5.41) is 9.72. The number of carbonyl (C=O) groups excluding carboxylic acids is 1. The molecular formula is C11H13NO4. The maximum Gasteiger partial charge on any atom is 0.305 e. The van der Waals surface area contributed by atoms with Crippen molar-refractivity contribution < 1.29 is 14.5 Å². The largest absolute Gasteiger partial charge is 0.469 e. The zero-order valence-electron chi connectivity index (χ0n) is 9.01. The Labute approximate surface area is 93.2 Å². The fourth-order valence-electron chi connectivity index (χ4n) is 1.13. The van der Waals surface area contributed by atoms with Crippen LogP contribution < -0.4 is 0 Å². The van der Waals surface area contributed by atoms with E-state index in [1.54, 1.807) is 0 Å². The van der Waals surface area contributed by atoms with Crippen LogP contribution in [0.25, 0.3) is 11.1 Å². The van der Waals surface area contributed by atoms with Crippen LogP contribution in [0.5, 0.6) is 0 Å². The molecule has 5 heteroatoms. The lowest BCUT2D eigenvalue weighted by Gasteiger charge is -1.93. The summed E-state index contributed by atoms with van der Waals surface area (Å²) in [6, 6.07) is 8.48. The van der Waals surface area contributed by atoms with Crippen molar-refractivity contribution in [2.24, 2.45) is 0 Å². The van der Waals surface area contributed by atoms with Crippen LogP contribution >= 0.6 is 0 Å². The fourth-order valence-corrected chi connectivity index (χ4v) is 1.13. The Hall–Kier alpha value is -1.91. The van der Waals surface area contributed by atoms with Crippen LogP contribution in [-0.2, 0) is 9.53 Å². The van der Waals surface area contributed by atoms with Crippen LogP contribution in [0.3, 0.4) is 0 Å². The highest BCUT2D eigenvalue weighted by molar-refractivity contribution is 5.80. The highest BCUT2D eigenvalue weighted by atomic mass is 16.6. The Balaban J connectivity index is 0.000000176. The highest BCUT2D eigenvalue weighted by Gasteiger charge is 2.07. The van der Waals surface area contributed by atoms with Gasteiger partial charge in [-0.05, 0) is 17.2 Å². The normalized spacial score (nSPS) is 9.81. The number of esters is 1. The van der Waals surface area contributed by atoms with Gasteiger partial charge in [0.05, 0.1) is 13.5 Å². The Kier molecular flexibility index (Phi) is 4.44. The standard InChI is InChI=1S/C6H4.C5H9NO4/c1-2-5-4-6(5)3-1;1-10-5(7)3-2-4-6(8)9/h1-4H;2-4H2,1H3. The van der Waals surface area contributed by atoms with E-state index in [1.165, 1.54) is 18.2 Å². The van der Waals surface area contributed by atoms with Crippen molar-refractivity contribution in [2.45, 2.75) is 12.8 Å². The molecule has 2 aliphatic rings. The van der Waals surface area contributed by atoms with Crippen LogP contribution in [0.4, 0.5) is 0 Å². The minimum absolute atomic E-state index is 0.123. The highest BCUT2D eigenvalue weighted by Crippen LogP contribution is 2.32. The average Bonchev–Trinajstić information content (AvgIpc) is 2.86. The lowest BCUT2D eigenvalue weighted by atomic mass is 10.3. The van der Waals surface area contributed by atoms with Gasteiger partial charge in [0.1, 0.15) is 0 Å². The molecule has 2 aliphatic carbocycles. The van der Waals surface area contributed by atoms with Gasteiger partial charge in [0.15, 0.2) is 0 Å². The summed E-state index contributed by atoms with van der Waals surface area (Å²) in [4.78, 5) is 19.6. The number of carbonyl (C=O) groups is 1. The smallest absolute Gasteiger partial charge is 0.305 e. The molecule has 0 bridgehead atoms. The third-order valence-electron chi connectivity index (χ3n) is 2.06. The number of hydrogen-bond acceptors (Lipinski definition) is 4. The SMILES string of the molecule is COC(=O)CCC[N+](=O)[O-].c1cc2cc-2c1. The summed E-state index contributed by atoms with van der Waals surface area (Å²) in [5.41, 5.74) is 2.85. The molecule has 0 aromatic carbocycles. The molecule has 0 saturated heterocycles. The summed E-state index contributed by atoms with van der Waals surface area (Å²) < 4.78 is 4.27. The Morgan fingerprint density at radius 1 is 1.44 bits per heavy atom. The molecule has 0 saturated carbocycles. The zero-order chi connectivity index (χ0) is 12.0. The number of nitrogens with zero attached hydrogens (tertiary/aromatic N) is 1. The van der Waals surface area contributed by atoms with E-state index < -0.39 is 10.9 Å². The minimum atomic E-state index is -0.455. The van der Waals surface area contributed by atoms with Crippen molar-refractivity contribution in [3.05, 3.63) is 34.4 Å². The Morgan fingerprint density at radius 3 is 2.38 bits per heavy atom. The van der Waals surface area contributed by atoms with E-state index in [2.05, 4.69) is 29.0 Å². The summed E-state index contributed by atoms with van der Waals surface area (Å²) >= 11 is 0. The topological polar surface area (TPSA) is 69.4 Å². The van der Waals surface area contributed by atoms with E-state index in [-0.39, 0.29) is 19.4 Å². The van der Waals surface area contributed by atoms with Gasteiger partial charge in [0, 0.05) is 11.3 Å². The summed E-state index contributed by atoms with van der Waals surface area (Å²) in [6.07, 6.45) is 0.372. The van der Waals surface area contributed by atoms with Gasteiger partial charge in [-0.25, -0.2) is 0 Å². The quantitative estimate of drug-likeness (QED) is 0.451. The number of methoxy groups -OCH3 is 1. The molecule has 0 atom stereocenters. The molecule has 0 amide bonds. The second-order valence-corrected chi connectivity index (χ2v) is 3.32. The molecule has 5 nitrogen and oxygen atoms in total. The molecule has 0 aromatic heterocycles. The molecule has 0 heterocycles. The van der Waals surface area contributed by atoms with Crippen molar-refractivity contribution in [1.82, 2.24) is 0 Å². The van der Waals surface area contributed by atoms with E-state index >= 15 is 0 Å². The van der Waals surface area contributed by atoms with E-state index in [9.17, 15) is 14.9 Å². The van der Waals surface area contributed by atoms with Crippen LogP contribution in [0.2, 0.25) is 0 Å². The summed E-state index contributed by atoms with van der Waals surface area (Å²) in [7, 11) is 1.26. The maximum atomic E-state index is 10.3. The molecule has 86 valence electrons. The lowest BCUT2D eigenvalue weighted by Crippen LogP contribution is -2.05. The van der Waals surface area contributed by atoms with E-state index in [0.717, 1.165) is 0 Å².